The van der Waals surface area contributed by atoms with Crippen LogP contribution < -0.4 is 5.32 Å². The summed E-state index contributed by atoms with van der Waals surface area (Å²) in [6, 6.07) is 6.87. The third-order valence-corrected chi connectivity index (χ3v) is 3.21. The molecule has 1 aromatic carbocycles. The number of aryl methyl sites for hydroxylation is 1. The second-order valence-electron chi connectivity index (χ2n) is 3.76. The second kappa shape index (κ2) is 5.86. The van der Waals surface area contributed by atoms with E-state index in [0.717, 1.165) is 10.0 Å². The maximum atomic E-state index is 12.1. The molecular formula is C12H8BrCl2N3O. The monoisotopic (exact) mass is 359 g/mol. The molecule has 19 heavy (non-hydrogen) atoms. The Morgan fingerprint density at radius 3 is 2.68 bits per heavy atom. The lowest BCUT2D eigenvalue weighted by Crippen LogP contribution is -2.14. The highest BCUT2D eigenvalue weighted by atomic mass is 79.9. The number of carbonyl (C=O) groups is 1. The first-order valence-corrected chi connectivity index (χ1v) is 6.78. The number of nitrogens with one attached hydrogen (secondary N) is 1. The van der Waals surface area contributed by atoms with Crippen LogP contribution in [0, 0.1) is 6.92 Å². The van der Waals surface area contributed by atoms with Crippen molar-refractivity contribution in [3.63, 3.8) is 0 Å². The van der Waals surface area contributed by atoms with Gasteiger partial charge in [-0.1, -0.05) is 33.6 Å². The average molecular weight is 361 g/mol. The molecule has 0 aliphatic heterocycles. The van der Waals surface area contributed by atoms with Gasteiger partial charge in [-0.15, -0.1) is 0 Å². The van der Waals surface area contributed by atoms with Crippen LogP contribution in [-0.2, 0) is 0 Å². The van der Waals surface area contributed by atoms with E-state index in [0.29, 0.717) is 5.56 Å². The number of aromatic nitrogens is 2. The summed E-state index contributed by atoms with van der Waals surface area (Å²) in [6.07, 6.45) is 0. The fourth-order valence-corrected chi connectivity index (χ4v) is 2.25. The van der Waals surface area contributed by atoms with E-state index in [1.54, 1.807) is 6.07 Å². The molecule has 0 saturated heterocycles. The van der Waals surface area contributed by atoms with Crippen molar-refractivity contribution in [1.82, 2.24) is 9.97 Å². The van der Waals surface area contributed by atoms with E-state index in [-0.39, 0.29) is 22.2 Å². The number of amides is 1. The molecule has 0 spiro atoms. The molecule has 98 valence electrons. The number of hydrogen-bond donors (Lipinski definition) is 1. The van der Waals surface area contributed by atoms with Crippen LogP contribution in [0.25, 0.3) is 0 Å². The molecular weight excluding hydrogens is 353 g/mol. The molecule has 0 fully saturated rings. The third-order valence-electron chi connectivity index (χ3n) is 2.35. The van der Waals surface area contributed by atoms with Gasteiger partial charge in [-0.3, -0.25) is 4.79 Å². The van der Waals surface area contributed by atoms with Crippen LogP contribution in [0.15, 0.2) is 28.7 Å². The van der Waals surface area contributed by atoms with Crippen LogP contribution in [-0.4, -0.2) is 15.9 Å². The fourth-order valence-electron chi connectivity index (χ4n) is 1.48. The van der Waals surface area contributed by atoms with Crippen molar-refractivity contribution in [2.45, 2.75) is 6.92 Å². The summed E-state index contributed by atoms with van der Waals surface area (Å²) in [5.74, 6) is -0.0287. The number of halogens is 3. The Morgan fingerprint density at radius 1 is 1.26 bits per heavy atom. The SMILES string of the molecule is Cc1ccc(Br)cc1C(=O)Nc1cc(Cl)nc(Cl)n1. The van der Waals surface area contributed by atoms with Gasteiger partial charge >= 0.3 is 0 Å². The fraction of sp³-hybridized carbons (Fsp3) is 0.0833. The highest BCUT2D eigenvalue weighted by molar-refractivity contribution is 9.10. The second-order valence-corrected chi connectivity index (χ2v) is 5.40. The first-order chi connectivity index (χ1) is 8.95. The molecule has 0 atom stereocenters. The van der Waals surface area contributed by atoms with Gasteiger partial charge in [0.1, 0.15) is 11.0 Å². The molecule has 1 amide bonds. The molecule has 0 aliphatic rings. The predicted octanol–water partition coefficient (Wildman–Crippen LogP) is 4.11. The van der Waals surface area contributed by atoms with Crippen LogP contribution in [0.1, 0.15) is 15.9 Å². The van der Waals surface area contributed by atoms with Crippen LogP contribution in [0.2, 0.25) is 10.4 Å². The van der Waals surface area contributed by atoms with Crippen molar-refractivity contribution >= 4 is 50.9 Å². The summed E-state index contributed by atoms with van der Waals surface area (Å²) in [7, 11) is 0. The largest absolute Gasteiger partial charge is 0.306 e. The van der Waals surface area contributed by atoms with E-state index in [1.165, 1.54) is 6.07 Å². The summed E-state index contributed by atoms with van der Waals surface area (Å²) in [4.78, 5) is 19.7. The van der Waals surface area contributed by atoms with Crippen molar-refractivity contribution in [2.75, 3.05) is 5.32 Å². The van der Waals surface area contributed by atoms with E-state index >= 15 is 0 Å². The zero-order valence-corrected chi connectivity index (χ0v) is 12.8. The van der Waals surface area contributed by atoms with Gasteiger partial charge in [0, 0.05) is 16.1 Å². The Kier molecular flexibility index (Phi) is 4.39. The number of anilines is 1. The Bertz CT molecular complexity index is 629. The summed E-state index contributed by atoms with van der Waals surface area (Å²) in [5, 5.41) is 2.78. The Hall–Kier alpha value is -1.17. The molecule has 7 heteroatoms. The maximum absolute atomic E-state index is 12.1. The highest BCUT2D eigenvalue weighted by Gasteiger charge is 2.11. The number of benzene rings is 1. The summed E-state index contributed by atoms with van der Waals surface area (Å²) in [6.45, 7) is 1.85. The average Bonchev–Trinajstić information content (AvgIpc) is 2.30. The summed E-state index contributed by atoms with van der Waals surface area (Å²) in [5.41, 5.74) is 1.40. The number of rotatable bonds is 2. The van der Waals surface area contributed by atoms with Gasteiger partial charge < -0.3 is 5.32 Å². The van der Waals surface area contributed by atoms with Gasteiger partial charge in [0.15, 0.2) is 0 Å². The number of carbonyl (C=O) groups excluding carboxylic acids is 1. The van der Waals surface area contributed by atoms with E-state index in [9.17, 15) is 4.79 Å². The quantitative estimate of drug-likeness (QED) is 0.647. The molecule has 1 heterocycles. The molecule has 0 radical (unpaired) electrons. The first-order valence-electron chi connectivity index (χ1n) is 5.23. The van der Waals surface area contributed by atoms with Crippen molar-refractivity contribution in [2.24, 2.45) is 0 Å². The van der Waals surface area contributed by atoms with Crippen molar-refractivity contribution in [3.8, 4) is 0 Å². The van der Waals surface area contributed by atoms with Crippen LogP contribution >= 0.6 is 39.1 Å². The van der Waals surface area contributed by atoms with Crippen molar-refractivity contribution in [3.05, 3.63) is 50.3 Å². The number of hydrogen-bond acceptors (Lipinski definition) is 3. The van der Waals surface area contributed by atoms with Gasteiger partial charge in [0.2, 0.25) is 5.28 Å². The van der Waals surface area contributed by atoms with Gasteiger partial charge in [0.25, 0.3) is 5.91 Å². The van der Waals surface area contributed by atoms with E-state index in [1.807, 2.05) is 19.1 Å². The van der Waals surface area contributed by atoms with Gasteiger partial charge in [0.05, 0.1) is 0 Å². The minimum atomic E-state index is -0.287. The molecule has 4 nitrogen and oxygen atoms in total. The molecule has 1 N–H and O–H groups in total. The third kappa shape index (κ3) is 3.65. The van der Waals surface area contributed by atoms with E-state index in [4.69, 9.17) is 23.2 Å². The van der Waals surface area contributed by atoms with Crippen LogP contribution in [0.5, 0.6) is 0 Å². The van der Waals surface area contributed by atoms with Crippen molar-refractivity contribution < 1.29 is 4.79 Å². The Balaban J connectivity index is 2.28. The molecule has 2 aromatic rings. The summed E-state index contributed by atoms with van der Waals surface area (Å²) < 4.78 is 0.821. The smallest absolute Gasteiger partial charge is 0.257 e. The molecule has 1 aromatic heterocycles. The summed E-state index contributed by atoms with van der Waals surface area (Å²) >= 11 is 14.7. The molecule has 0 bridgehead atoms. The minimum absolute atomic E-state index is 0.0197. The zero-order chi connectivity index (χ0) is 14.0. The van der Waals surface area contributed by atoms with Gasteiger partial charge in [-0.05, 0) is 36.2 Å². The lowest BCUT2D eigenvalue weighted by molar-refractivity contribution is 0.102. The van der Waals surface area contributed by atoms with Crippen LogP contribution in [0.3, 0.4) is 0 Å². The van der Waals surface area contributed by atoms with Crippen molar-refractivity contribution in [1.29, 1.82) is 0 Å². The van der Waals surface area contributed by atoms with Gasteiger partial charge in [-0.25, -0.2) is 9.97 Å². The lowest BCUT2D eigenvalue weighted by atomic mass is 10.1. The predicted molar refractivity (Wildman–Crippen MR) is 78.9 cm³/mol. The lowest BCUT2D eigenvalue weighted by Gasteiger charge is -2.08. The van der Waals surface area contributed by atoms with E-state index < -0.39 is 0 Å². The molecule has 0 unspecified atom stereocenters. The molecule has 2 rings (SSSR count). The van der Waals surface area contributed by atoms with E-state index in [2.05, 4.69) is 31.2 Å². The molecule has 0 aliphatic carbocycles. The standard InChI is InChI=1S/C12H8BrCl2N3O/c1-6-2-3-7(13)4-8(6)11(19)17-10-5-9(14)16-12(15)18-10/h2-5H,1H3,(H,16,17,18,19). The highest BCUT2D eigenvalue weighted by Crippen LogP contribution is 2.19. The maximum Gasteiger partial charge on any atom is 0.257 e. The number of nitrogens with zero attached hydrogens (tertiary/aromatic N) is 2. The van der Waals surface area contributed by atoms with Crippen LogP contribution in [0.4, 0.5) is 5.82 Å². The zero-order valence-electron chi connectivity index (χ0n) is 9.75. The molecule has 0 saturated carbocycles. The topological polar surface area (TPSA) is 54.9 Å². The van der Waals surface area contributed by atoms with Gasteiger partial charge in [-0.2, -0.15) is 0 Å². The normalized spacial score (nSPS) is 10.3. The Morgan fingerprint density at radius 2 is 2.00 bits per heavy atom. The first kappa shape index (κ1) is 14.2. The Labute approximate surface area is 128 Å². The minimum Gasteiger partial charge on any atom is -0.306 e.